The maximum atomic E-state index is 4.05. The van der Waals surface area contributed by atoms with Crippen LogP contribution in [0.4, 0.5) is 0 Å². The number of hydrogen-bond acceptors (Lipinski definition) is 0. The molecule has 0 radical (unpaired) electrons. The zero-order valence-corrected chi connectivity index (χ0v) is 10.2. The maximum absolute atomic E-state index is 4.05. The lowest BCUT2D eigenvalue weighted by molar-refractivity contribution is 0.535. The fraction of sp³-hybridized carbons (Fsp3) is 0.600. The summed E-state index contributed by atoms with van der Waals surface area (Å²) in [6.07, 6.45) is 11.4. The third-order valence-corrected chi connectivity index (χ3v) is 4.13. The molecule has 0 aliphatic heterocycles. The van der Waals surface area contributed by atoms with E-state index in [-0.39, 0.29) is 0 Å². The van der Waals surface area contributed by atoms with Gasteiger partial charge in [-0.2, -0.15) is 0 Å². The van der Waals surface area contributed by atoms with Crippen LogP contribution in [0.3, 0.4) is 0 Å². The van der Waals surface area contributed by atoms with Crippen molar-refractivity contribution in [2.75, 3.05) is 0 Å². The number of rotatable bonds is 4. The quantitative estimate of drug-likeness (QED) is 0.589. The SMILES string of the molecule is C=C(C)C(C)C1=CC2CC2(CCC)C=C1. The Balaban J connectivity index is 2.08. The van der Waals surface area contributed by atoms with Gasteiger partial charge in [0.25, 0.3) is 0 Å². The van der Waals surface area contributed by atoms with Gasteiger partial charge >= 0.3 is 0 Å². The van der Waals surface area contributed by atoms with Crippen LogP contribution in [0.15, 0.2) is 36.0 Å². The van der Waals surface area contributed by atoms with E-state index in [2.05, 4.69) is 45.6 Å². The second kappa shape index (κ2) is 3.66. The predicted octanol–water partition coefficient (Wildman–Crippen LogP) is 4.50. The van der Waals surface area contributed by atoms with Gasteiger partial charge in [-0.15, -0.1) is 0 Å². The second-order valence-corrected chi connectivity index (χ2v) is 5.36. The highest BCUT2D eigenvalue weighted by molar-refractivity contribution is 5.39. The van der Waals surface area contributed by atoms with Gasteiger partial charge in [-0.25, -0.2) is 0 Å². The Kier molecular flexibility index (Phi) is 2.62. The van der Waals surface area contributed by atoms with Crippen LogP contribution in [0.25, 0.3) is 0 Å². The van der Waals surface area contributed by atoms with E-state index in [1.165, 1.54) is 30.4 Å². The van der Waals surface area contributed by atoms with Crippen molar-refractivity contribution in [1.82, 2.24) is 0 Å². The van der Waals surface area contributed by atoms with Gasteiger partial charge in [-0.3, -0.25) is 0 Å². The number of fused-ring (bicyclic) bond motifs is 1. The number of allylic oxidation sites excluding steroid dienone is 5. The van der Waals surface area contributed by atoms with Crippen molar-refractivity contribution in [3.8, 4) is 0 Å². The van der Waals surface area contributed by atoms with Gasteiger partial charge in [0.2, 0.25) is 0 Å². The minimum Gasteiger partial charge on any atom is -0.0995 e. The summed E-state index contributed by atoms with van der Waals surface area (Å²) in [4.78, 5) is 0. The average molecular weight is 202 g/mol. The molecular weight excluding hydrogens is 180 g/mol. The van der Waals surface area contributed by atoms with E-state index in [9.17, 15) is 0 Å². The molecule has 82 valence electrons. The first-order valence-corrected chi connectivity index (χ1v) is 6.15. The van der Waals surface area contributed by atoms with Crippen LogP contribution in [0.2, 0.25) is 0 Å². The Morgan fingerprint density at radius 2 is 2.40 bits per heavy atom. The van der Waals surface area contributed by atoms with Gasteiger partial charge in [-0.1, -0.05) is 50.6 Å². The monoisotopic (exact) mass is 202 g/mol. The third kappa shape index (κ3) is 1.82. The fourth-order valence-corrected chi connectivity index (χ4v) is 2.73. The summed E-state index contributed by atoms with van der Waals surface area (Å²) in [5, 5.41) is 0. The Labute approximate surface area is 93.8 Å². The van der Waals surface area contributed by atoms with Gasteiger partial charge in [-0.05, 0) is 36.7 Å². The van der Waals surface area contributed by atoms with Crippen LogP contribution in [0.5, 0.6) is 0 Å². The molecule has 1 fully saturated rings. The largest absolute Gasteiger partial charge is 0.0995 e. The first-order valence-electron chi connectivity index (χ1n) is 6.15. The molecule has 0 aromatic rings. The third-order valence-electron chi connectivity index (χ3n) is 4.13. The highest BCUT2D eigenvalue weighted by atomic mass is 14.5. The Morgan fingerprint density at radius 3 is 2.93 bits per heavy atom. The zero-order chi connectivity index (χ0) is 11.1. The van der Waals surface area contributed by atoms with E-state index >= 15 is 0 Å². The molecule has 0 nitrogen and oxygen atoms in total. The Morgan fingerprint density at radius 1 is 1.67 bits per heavy atom. The Hall–Kier alpha value is -0.780. The summed E-state index contributed by atoms with van der Waals surface area (Å²) in [6, 6.07) is 0. The summed E-state index contributed by atoms with van der Waals surface area (Å²) in [5.41, 5.74) is 3.32. The van der Waals surface area contributed by atoms with Crippen LogP contribution in [0.1, 0.15) is 40.0 Å². The molecule has 2 aliphatic rings. The lowest BCUT2D eigenvalue weighted by atomic mass is 9.86. The van der Waals surface area contributed by atoms with Gasteiger partial charge in [0.1, 0.15) is 0 Å². The first-order chi connectivity index (χ1) is 7.09. The minimum atomic E-state index is 0.529. The minimum absolute atomic E-state index is 0.529. The summed E-state index contributed by atoms with van der Waals surface area (Å²) in [7, 11) is 0. The average Bonchev–Trinajstić information content (AvgIpc) is 2.89. The van der Waals surface area contributed by atoms with Crippen LogP contribution in [-0.4, -0.2) is 0 Å². The van der Waals surface area contributed by atoms with Gasteiger partial charge < -0.3 is 0 Å². The maximum Gasteiger partial charge on any atom is 0.00112 e. The predicted molar refractivity (Wildman–Crippen MR) is 66.6 cm³/mol. The van der Waals surface area contributed by atoms with E-state index in [1.54, 1.807) is 0 Å². The smallest absolute Gasteiger partial charge is 0.00112 e. The second-order valence-electron chi connectivity index (χ2n) is 5.36. The number of hydrogen-bond donors (Lipinski definition) is 0. The lowest BCUT2D eigenvalue weighted by Crippen LogP contribution is -2.07. The van der Waals surface area contributed by atoms with Crippen molar-refractivity contribution >= 4 is 0 Å². The molecule has 2 aliphatic carbocycles. The van der Waals surface area contributed by atoms with Gasteiger partial charge in [0.15, 0.2) is 0 Å². The molecule has 1 saturated carbocycles. The van der Waals surface area contributed by atoms with Crippen molar-refractivity contribution in [1.29, 1.82) is 0 Å². The van der Waals surface area contributed by atoms with Gasteiger partial charge in [0.05, 0.1) is 0 Å². The summed E-state index contributed by atoms with van der Waals surface area (Å²) < 4.78 is 0. The lowest BCUT2D eigenvalue weighted by Gasteiger charge is -2.19. The molecule has 3 unspecified atom stereocenters. The van der Waals surface area contributed by atoms with Crippen molar-refractivity contribution in [3.05, 3.63) is 36.0 Å². The molecule has 0 heteroatoms. The molecule has 0 saturated heterocycles. The highest BCUT2D eigenvalue weighted by Crippen LogP contribution is 2.60. The van der Waals surface area contributed by atoms with E-state index in [0.29, 0.717) is 11.3 Å². The fourth-order valence-electron chi connectivity index (χ4n) is 2.73. The van der Waals surface area contributed by atoms with E-state index in [0.717, 1.165) is 5.92 Å². The molecule has 0 aromatic heterocycles. The summed E-state index contributed by atoms with van der Waals surface area (Å²) in [6.45, 7) is 10.7. The van der Waals surface area contributed by atoms with Crippen LogP contribution in [0, 0.1) is 17.3 Å². The molecule has 0 aromatic carbocycles. The standard InChI is InChI=1S/C15H22/c1-5-7-15-8-6-13(9-14(15)10-15)12(4)11(2)3/h6,8-9,12,14H,2,5,7,10H2,1,3-4H3. The first kappa shape index (κ1) is 10.7. The molecule has 0 bridgehead atoms. The summed E-state index contributed by atoms with van der Waals surface area (Å²) in [5.74, 6) is 1.36. The normalized spacial score (nSPS) is 34.3. The molecule has 0 heterocycles. The van der Waals surface area contributed by atoms with Crippen molar-refractivity contribution < 1.29 is 0 Å². The van der Waals surface area contributed by atoms with Gasteiger partial charge in [0, 0.05) is 5.92 Å². The molecular formula is C15H22. The highest BCUT2D eigenvalue weighted by Gasteiger charge is 2.51. The van der Waals surface area contributed by atoms with Crippen molar-refractivity contribution in [2.45, 2.75) is 40.0 Å². The zero-order valence-electron chi connectivity index (χ0n) is 10.2. The van der Waals surface area contributed by atoms with E-state index in [1.807, 2.05) is 0 Å². The topological polar surface area (TPSA) is 0 Å². The van der Waals surface area contributed by atoms with E-state index in [4.69, 9.17) is 0 Å². The van der Waals surface area contributed by atoms with Crippen LogP contribution < -0.4 is 0 Å². The van der Waals surface area contributed by atoms with Crippen LogP contribution >= 0.6 is 0 Å². The molecule has 0 amide bonds. The molecule has 2 rings (SSSR count). The van der Waals surface area contributed by atoms with Crippen molar-refractivity contribution in [2.24, 2.45) is 17.3 Å². The molecule has 0 spiro atoms. The van der Waals surface area contributed by atoms with Crippen molar-refractivity contribution in [3.63, 3.8) is 0 Å². The summed E-state index contributed by atoms with van der Waals surface area (Å²) >= 11 is 0. The Bertz CT molecular complexity index is 332. The molecule has 3 atom stereocenters. The van der Waals surface area contributed by atoms with Crippen LogP contribution in [-0.2, 0) is 0 Å². The molecule has 15 heavy (non-hydrogen) atoms. The van der Waals surface area contributed by atoms with E-state index < -0.39 is 0 Å². The molecule has 0 N–H and O–H groups in total.